The molecule has 27 heavy (non-hydrogen) atoms. The van der Waals surface area contributed by atoms with Crippen molar-refractivity contribution in [3.05, 3.63) is 76.8 Å². The summed E-state index contributed by atoms with van der Waals surface area (Å²) in [6.45, 7) is 4.05. The van der Waals surface area contributed by atoms with Crippen molar-refractivity contribution in [3.63, 3.8) is 0 Å². The van der Waals surface area contributed by atoms with Gasteiger partial charge < -0.3 is 10.6 Å². The minimum absolute atomic E-state index is 0.0351. The fourth-order valence-electron chi connectivity index (χ4n) is 3.04. The molecule has 4 nitrogen and oxygen atoms in total. The molecule has 0 saturated carbocycles. The summed E-state index contributed by atoms with van der Waals surface area (Å²) in [6, 6.07) is 19.5. The Bertz CT molecular complexity index is 892. The number of aryl methyl sites for hydroxylation is 1. The van der Waals surface area contributed by atoms with Crippen LogP contribution in [0.15, 0.2) is 60.7 Å². The first-order chi connectivity index (χ1) is 13.0. The van der Waals surface area contributed by atoms with E-state index >= 15 is 0 Å². The molecule has 1 heterocycles. The van der Waals surface area contributed by atoms with Crippen molar-refractivity contribution in [1.82, 2.24) is 9.88 Å². The molecule has 5 heteroatoms. The number of amides is 1. The summed E-state index contributed by atoms with van der Waals surface area (Å²) in [6.07, 6.45) is 0.286. The van der Waals surface area contributed by atoms with Gasteiger partial charge in [0.2, 0.25) is 5.91 Å². The summed E-state index contributed by atoms with van der Waals surface area (Å²) in [4.78, 5) is 20.4. The lowest BCUT2D eigenvalue weighted by Crippen LogP contribution is -2.32. The monoisotopic (exact) mass is 379 g/mol. The largest absolute Gasteiger partial charge is 0.338 e. The van der Waals surface area contributed by atoms with Crippen LogP contribution in [0.2, 0.25) is 0 Å². The third kappa shape index (κ3) is 4.43. The molecule has 0 saturated heterocycles. The Balaban J connectivity index is 1.72. The Labute approximate surface area is 164 Å². The van der Waals surface area contributed by atoms with Crippen molar-refractivity contribution >= 4 is 17.2 Å². The number of benzene rings is 2. The van der Waals surface area contributed by atoms with Crippen molar-refractivity contribution in [2.24, 2.45) is 5.73 Å². The summed E-state index contributed by atoms with van der Waals surface area (Å²) < 4.78 is 0. The van der Waals surface area contributed by atoms with Gasteiger partial charge in [-0.25, -0.2) is 4.98 Å². The molecule has 0 fully saturated rings. The van der Waals surface area contributed by atoms with Crippen LogP contribution in [0.1, 0.15) is 41.6 Å². The zero-order valence-electron chi connectivity index (χ0n) is 15.9. The Morgan fingerprint density at radius 1 is 1.11 bits per heavy atom. The van der Waals surface area contributed by atoms with E-state index < -0.39 is 0 Å². The van der Waals surface area contributed by atoms with Gasteiger partial charge in [0, 0.05) is 25.1 Å². The van der Waals surface area contributed by atoms with E-state index in [1.165, 1.54) is 0 Å². The summed E-state index contributed by atoms with van der Waals surface area (Å²) in [5.74, 6) is 0.0351. The highest BCUT2D eigenvalue weighted by atomic mass is 32.1. The topological polar surface area (TPSA) is 59.2 Å². The quantitative estimate of drug-likeness (QED) is 0.674. The normalized spacial score (nSPS) is 13.2. The van der Waals surface area contributed by atoms with Crippen molar-refractivity contribution in [1.29, 1.82) is 0 Å². The van der Waals surface area contributed by atoms with E-state index in [4.69, 9.17) is 10.7 Å². The molecule has 140 valence electrons. The molecule has 2 aromatic carbocycles. The van der Waals surface area contributed by atoms with Crippen LogP contribution in [-0.4, -0.2) is 22.8 Å². The Morgan fingerprint density at radius 3 is 2.33 bits per heavy atom. The van der Waals surface area contributed by atoms with Crippen LogP contribution in [0.4, 0.5) is 0 Å². The minimum atomic E-state index is -0.296. The first-order valence-corrected chi connectivity index (χ1v) is 9.88. The molecule has 2 unspecified atom stereocenters. The molecular weight excluding hydrogens is 354 g/mol. The van der Waals surface area contributed by atoms with Crippen LogP contribution in [0.25, 0.3) is 10.6 Å². The average Bonchev–Trinajstić information content (AvgIpc) is 3.09. The van der Waals surface area contributed by atoms with Crippen LogP contribution < -0.4 is 5.73 Å². The average molecular weight is 380 g/mol. The number of nitrogens with zero attached hydrogens (tertiary/aromatic N) is 2. The molecule has 0 bridgehead atoms. The van der Waals surface area contributed by atoms with E-state index in [1.807, 2.05) is 69.4 Å². The standard InChI is InChI=1S/C22H25N3OS/c1-15-21(27-22(24-15)18-12-8-5-9-13-18)16(2)25(3)20(26)14-19(23)17-10-6-4-7-11-17/h4-13,16,19H,14,23H2,1-3H3. The SMILES string of the molecule is Cc1nc(-c2ccccc2)sc1C(C)N(C)C(=O)CC(N)c1ccccc1. The lowest BCUT2D eigenvalue weighted by atomic mass is 10.0. The molecule has 0 spiro atoms. The highest BCUT2D eigenvalue weighted by molar-refractivity contribution is 7.15. The van der Waals surface area contributed by atoms with Gasteiger partial charge in [0.15, 0.2) is 0 Å². The zero-order chi connectivity index (χ0) is 19.4. The third-order valence-corrected chi connectivity index (χ3v) is 6.21. The maximum atomic E-state index is 12.8. The van der Waals surface area contributed by atoms with E-state index in [0.29, 0.717) is 0 Å². The lowest BCUT2D eigenvalue weighted by molar-refractivity contribution is -0.132. The van der Waals surface area contributed by atoms with Crippen molar-refractivity contribution in [2.45, 2.75) is 32.4 Å². The number of rotatable bonds is 6. The Kier molecular flexibility index (Phi) is 6.04. The molecule has 0 radical (unpaired) electrons. The van der Waals surface area contributed by atoms with Gasteiger partial charge in [-0.3, -0.25) is 4.79 Å². The molecule has 2 N–H and O–H groups in total. The summed E-state index contributed by atoms with van der Waals surface area (Å²) in [5, 5.41) is 0.983. The highest BCUT2D eigenvalue weighted by Crippen LogP contribution is 2.34. The van der Waals surface area contributed by atoms with Gasteiger partial charge in [0.25, 0.3) is 0 Å². The predicted octanol–water partition coefficient (Wildman–Crippen LogP) is 4.73. The van der Waals surface area contributed by atoms with Crippen LogP contribution >= 0.6 is 11.3 Å². The second-order valence-electron chi connectivity index (χ2n) is 6.74. The Hall–Kier alpha value is -2.50. The molecule has 2 atom stereocenters. The molecule has 1 amide bonds. The molecular formula is C22H25N3OS. The van der Waals surface area contributed by atoms with E-state index in [2.05, 4.69) is 12.1 Å². The number of carbonyl (C=O) groups excluding carboxylic acids is 1. The molecule has 0 aliphatic carbocycles. The number of carbonyl (C=O) groups is 1. The maximum absolute atomic E-state index is 12.8. The molecule has 3 rings (SSSR count). The van der Waals surface area contributed by atoms with Crippen LogP contribution in [0, 0.1) is 6.92 Å². The van der Waals surface area contributed by atoms with Crippen molar-refractivity contribution in [2.75, 3.05) is 7.05 Å². The Morgan fingerprint density at radius 2 is 1.70 bits per heavy atom. The van der Waals surface area contributed by atoms with E-state index in [-0.39, 0.29) is 24.4 Å². The van der Waals surface area contributed by atoms with Gasteiger partial charge in [-0.05, 0) is 19.4 Å². The number of aromatic nitrogens is 1. The fraction of sp³-hybridized carbons (Fsp3) is 0.273. The maximum Gasteiger partial charge on any atom is 0.224 e. The molecule has 0 aliphatic rings. The fourth-order valence-corrected chi connectivity index (χ4v) is 4.21. The summed E-state index contributed by atoms with van der Waals surface area (Å²) >= 11 is 1.65. The van der Waals surface area contributed by atoms with Crippen LogP contribution in [0.3, 0.4) is 0 Å². The first-order valence-electron chi connectivity index (χ1n) is 9.06. The summed E-state index contributed by atoms with van der Waals surface area (Å²) in [7, 11) is 1.84. The van der Waals surface area contributed by atoms with E-state index in [1.54, 1.807) is 16.2 Å². The van der Waals surface area contributed by atoms with Gasteiger partial charge in [0.05, 0.1) is 16.6 Å². The third-order valence-electron chi connectivity index (χ3n) is 4.83. The van der Waals surface area contributed by atoms with Crippen molar-refractivity contribution in [3.8, 4) is 10.6 Å². The number of thiazole rings is 1. The van der Waals surface area contributed by atoms with Gasteiger partial charge in [-0.1, -0.05) is 60.7 Å². The van der Waals surface area contributed by atoms with Gasteiger partial charge in [0.1, 0.15) is 5.01 Å². The van der Waals surface area contributed by atoms with Crippen molar-refractivity contribution < 1.29 is 4.79 Å². The second-order valence-corrected chi connectivity index (χ2v) is 7.77. The number of hydrogen-bond acceptors (Lipinski definition) is 4. The molecule has 1 aromatic heterocycles. The zero-order valence-corrected chi connectivity index (χ0v) is 16.7. The van der Waals surface area contributed by atoms with Gasteiger partial charge in [-0.2, -0.15) is 0 Å². The number of hydrogen-bond donors (Lipinski definition) is 1. The van der Waals surface area contributed by atoms with Crippen LogP contribution in [-0.2, 0) is 4.79 Å². The molecule has 3 aromatic rings. The molecule has 0 aliphatic heterocycles. The lowest BCUT2D eigenvalue weighted by Gasteiger charge is -2.26. The van der Waals surface area contributed by atoms with Crippen LogP contribution in [0.5, 0.6) is 0 Å². The number of nitrogens with two attached hydrogens (primary N) is 1. The second kappa shape index (κ2) is 8.46. The summed E-state index contributed by atoms with van der Waals surface area (Å²) in [5.41, 5.74) is 9.28. The highest BCUT2D eigenvalue weighted by Gasteiger charge is 2.24. The van der Waals surface area contributed by atoms with Gasteiger partial charge >= 0.3 is 0 Å². The minimum Gasteiger partial charge on any atom is -0.338 e. The van der Waals surface area contributed by atoms with E-state index in [0.717, 1.165) is 26.7 Å². The van der Waals surface area contributed by atoms with E-state index in [9.17, 15) is 4.79 Å². The van der Waals surface area contributed by atoms with Gasteiger partial charge in [-0.15, -0.1) is 11.3 Å². The predicted molar refractivity (Wildman–Crippen MR) is 111 cm³/mol. The first kappa shape index (κ1) is 19.3. The smallest absolute Gasteiger partial charge is 0.224 e.